The predicted molar refractivity (Wildman–Crippen MR) is 121 cm³/mol. The molecule has 0 aromatic rings. The van der Waals surface area contributed by atoms with E-state index in [1.165, 1.54) is 24.3 Å². The molecule has 0 saturated heterocycles. The Morgan fingerprint density at radius 1 is 0.611 bits per heavy atom. The average Bonchev–Trinajstić information content (AvgIpc) is 3.31. The van der Waals surface area contributed by atoms with E-state index in [9.17, 15) is 38.4 Å². The molecule has 2 aliphatic rings. The van der Waals surface area contributed by atoms with Gasteiger partial charge in [-0.25, -0.2) is 9.59 Å². The summed E-state index contributed by atoms with van der Waals surface area (Å²) in [5, 5.41) is 21.3. The molecular weight excluding hydrogens is 480 g/mol. The summed E-state index contributed by atoms with van der Waals surface area (Å²) in [4.78, 5) is 89.2. The third-order valence-corrected chi connectivity index (χ3v) is 4.27. The van der Waals surface area contributed by atoms with Gasteiger partial charge in [0.25, 0.3) is 23.6 Å². The summed E-state index contributed by atoms with van der Waals surface area (Å²) in [5.41, 5.74) is 0. The maximum atomic E-state index is 11.2. The SMILES string of the molecule is O=C(O)C=CC(=O)NCCCNC(=O)C=CC(=O)O.O=C1C=CC(=O)N1CCCN1C(=O)C=CC1=O. The summed E-state index contributed by atoms with van der Waals surface area (Å²) < 4.78 is 0. The minimum absolute atomic E-state index is 0.210. The second-order valence-corrected chi connectivity index (χ2v) is 6.96. The van der Waals surface area contributed by atoms with Crippen LogP contribution in [0.2, 0.25) is 0 Å². The molecule has 0 aliphatic carbocycles. The van der Waals surface area contributed by atoms with Gasteiger partial charge >= 0.3 is 11.9 Å². The van der Waals surface area contributed by atoms with Crippen molar-refractivity contribution in [3.8, 4) is 0 Å². The number of nitrogens with one attached hydrogen (secondary N) is 2. The van der Waals surface area contributed by atoms with Crippen molar-refractivity contribution in [1.82, 2.24) is 20.4 Å². The van der Waals surface area contributed by atoms with Crippen LogP contribution in [-0.4, -0.2) is 93.6 Å². The Morgan fingerprint density at radius 3 is 1.25 bits per heavy atom. The fraction of sp³-hybridized carbons (Fsp3) is 0.273. The van der Waals surface area contributed by atoms with Gasteiger partial charge in [0, 0.05) is 74.8 Å². The lowest BCUT2D eigenvalue weighted by Gasteiger charge is -2.17. The normalized spacial score (nSPS) is 14.6. The highest BCUT2D eigenvalue weighted by molar-refractivity contribution is 6.13. The molecule has 4 N–H and O–H groups in total. The largest absolute Gasteiger partial charge is 0.478 e. The van der Waals surface area contributed by atoms with Crippen molar-refractivity contribution >= 4 is 47.4 Å². The molecule has 36 heavy (non-hydrogen) atoms. The molecular formula is C22H24N4O10. The van der Waals surface area contributed by atoms with E-state index in [1.54, 1.807) is 0 Å². The van der Waals surface area contributed by atoms with E-state index in [1.807, 2.05) is 0 Å². The van der Waals surface area contributed by atoms with Crippen molar-refractivity contribution in [2.45, 2.75) is 12.8 Å². The van der Waals surface area contributed by atoms with Crippen molar-refractivity contribution in [2.75, 3.05) is 26.2 Å². The fourth-order valence-corrected chi connectivity index (χ4v) is 2.61. The molecule has 0 aromatic heterocycles. The lowest BCUT2D eigenvalue weighted by Crippen LogP contribution is -2.36. The van der Waals surface area contributed by atoms with Gasteiger partial charge in [-0.3, -0.25) is 38.6 Å². The summed E-state index contributed by atoms with van der Waals surface area (Å²) in [6.45, 7) is 0.931. The van der Waals surface area contributed by atoms with Gasteiger partial charge in [-0.1, -0.05) is 0 Å². The Morgan fingerprint density at radius 2 is 0.944 bits per heavy atom. The fourth-order valence-electron chi connectivity index (χ4n) is 2.61. The number of carboxylic acid groups (broad SMARTS) is 2. The first kappa shape index (κ1) is 29.2. The Hall–Kier alpha value is -4.88. The van der Waals surface area contributed by atoms with Crippen LogP contribution >= 0.6 is 0 Å². The molecule has 6 amide bonds. The maximum Gasteiger partial charge on any atom is 0.328 e. The van der Waals surface area contributed by atoms with E-state index in [2.05, 4.69) is 10.6 Å². The molecule has 14 nitrogen and oxygen atoms in total. The van der Waals surface area contributed by atoms with Crippen LogP contribution in [0.1, 0.15) is 12.8 Å². The highest BCUT2D eigenvalue weighted by Gasteiger charge is 2.25. The standard InChI is InChI=1S/C11H14N2O6.C11H10N2O4/c14-8(2-4-10(16)17)12-6-1-7-13-9(15)3-5-11(18)19;14-8-2-3-9(15)12(8)6-1-7-13-10(16)4-5-11(13)17/h2-5H,1,6-7H2,(H,12,14)(H,13,15)(H,16,17)(H,18,19);2-5H,1,6-7H2. The van der Waals surface area contributed by atoms with E-state index in [4.69, 9.17) is 10.2 Å². The van der Waals surface area contributed by atoms with Gasteiger partial charge in [0.05, 0.1) is 0 Å². The highest BCUT2D eigenvalue weighted by Crippen LogP contribution is 2.07. The number of hydrogen-bond donors (Lipinski definition) is 4. The molecule has 14 heteroatoms. The molecule has 0 radical (unpaired) electrons. The topological polar surface area (TPSA) is 208 Å². The smallest absolute Gasteiger partial charge is 0.328 e. The number of nitrogens with zero attached hydrogens (tertiary/aromatic N) is 2. The number of amides is 6. The van der Waals surface area contributed by atoms with Gasteiger partial charge in [0.1, 0.15) is 0 Å². The lowest BCUT2D eigenvalue weighted by molar-refractivity contribution is -0.137. The summed E-state index contributed by atoms with van der Waals surface area (Å²) >= 11 is 0. The van der Waals surface area contributed by atoms with Gasteiger partial charge in [-0.2, -0.15) is 0 Å². The number of carboxylic acids is 2. The highest BCUT2D eigenvalue weighted by atomic mass is 16.4. The third-order valence-electron chi connectivity index (χ3n) is 4.27. The van der Waals surface area contributed by atoms with Crippen LogP contribution in [0.3, 0.4) is 0 Å². The molecule has 0 spiro atoms. The Bertz CT molecular complexity index is 925. The summed E-state index contributed by atoms with van der Waals surface area (Å²) in [5.74, 6) is -4.93. The molecule has 2 aliphatic heterocycles. The van der Waals surface area contributed by atoms with E-state index in [0.717, 1.165) is 22.0 Å². The van der Waals surface area contributed by atoms with Crippen LogP contribution < -0.4 is 10.6 Å². The summed E-state index contributed by atoms with van der Waals surface area (Å²) in [7, 11) is 0. The molecule has 2 rings (SSSR count). The van der Waals surface area contributed by atoms with E-state index in [-0.39, 0.29) is 49.8 Å². The quantitative estimate of drug-likeness (QED) is 0.132. The van der Waals surface area contributed by atoms with Gasteiger partial charge in [0.2, 0.25) is 11.8 Å². The van der Waals surface area contributed by atoms with Gasteiger partial charge < -0.3 is 20.8 Å². The second kappa shape index (κ2) is 15.1. The van der Waals surface area contributed by atoms with Crippen LogP contribution in [0.5, 0.6) is 0 Å². The summed E-state index contributed by atoms with van der Waals surface area (Å²) in [6, 6.07) is 0. The monoisotopic (exact) mass is 504 g/mol. The van der Waals surface area contributed by atoms with Crippen LogP contribution in [-0.2, 0) is 38.4 Å². The van der Waals surface area contributed by atoms with E-state index < -0.39 is 23.8 Å². The zero-order valence-electron chi connectivity index (χ0n) is 18.9. The van der Waals surface area contributed by atoms with Gasteiger partial charge in [-0.15, -0.1) is 0 Å². The molecule has 0 bridgehead atoms. The van der Waals surface area contributed by atoms with Crippen LogP contribution in [0.15, 0.2) is 48.6 Å². The molecule has 192 valence electrons. The molecule has 0 fully saturated rings. The van der Waals surface area contributed by atoms with Crippen molar-refractivity contribution in [3.63, 3.8) is 0 Å². The number of aliphatic carboxylic acids is 2. The van der Waals surface area contributed by atoms with Crippen molar-refractivity contribution in [1.29, 1.82) is 0 Å². The third kappa shape index (κ3) is 11.3. The molecule has 2 heterocycles. The zero-order valence-corrected chi connectivity index (χ0v) is 18.9. The lowest BCUT2D eigenvalue weighted by atomic mass is 10.3. The molecule has 0 atom stereocenters. The molecule has 0 saturated carbocycles. The first-order chi connectivity index (χ1) is 17.0. The number of hydrogen-bond acceptors (Lipinski definition) is 8. The maximum absolute atomic E-state index is 11.2. The van der Waals surface area contributed by atoms with E-state index in [0.29, 0.717) is 25.0 Å². The van der Waals surface area contributed by atoms with Crippen LogP contribution in [0, 0.1) is 0 Å². The first-order valence-corrected chi connectivity index (χ1v) is 10.5. The average molecular weight is 504 g/mol. The Kier molecular flexibility index (Phi) is 12.2. The van der Waals surface area contributed by atoms with Crippen LogP contribution in [0.25, 0.3) is 0 Å². The minimum Gasteiger partial charge on any atom is -0.478 e. The Balaban J connectivity index is 0.000000361. The number of imide groups is 2. The number of carbonyl (C=O) groups is 8. The van der Waals surface area contributed by atoms with Crippen molar-refractivity contribution in [2.24, 2.45) is 0 Å². The number of carbonyl (C=O) groups excluding carboxylic acids is 6. The van der Waals surface area contributed by atoms with Gasteiger partial charge in [-0.05, 0) is 12.8 Å². The zero-order chi connectivity index (χ0) is 27.1. The van der Waals surface area contributed by atoms with E-state index >= 15 is 0 Å². The molecule has 0 aromatic carbocycles. The van der Waals surface area contributed by atoms with Crippen molar-refractivity contribution in [3.05, 3.63) is 48.6 Å². The predicted octanol–water partition coefficient (Wildman–Crippen LogP) is -1.88. The number of rotatable bonds is 12. The van der Waals surface area contributed by atoms with Gasteiger partial charge in [0.15, 0.2) is 0 Å². The first-order valence-electron chi connectivity index (χ1n) is 10.5. The Labute approximate surface area is 204 Å². The molecule has 0 unspecified atom stereocenters. The summed E-state index contributed by atoms with van der Waals surface area (Å²) in [6.07, 6.45) is 8.84. The second-order valence-electron chi connectivity index (χ2n) is 6.96. The van der Waals surface area contributed by atoms with Crippen molar-refractivity contribution < 1.29 is 48.6 Å². The van der Waals surface area contributed by atoms with Crippen LogP contribution in [0.4, 0.5) is 0 Å². The minimum atomic E-state index is -1.22.